The average Bonchev–Trinajstić information content (AvgIpc) is 3.21. The van der Waals surface area contributed by atoms with Crippen molar-refractivity contribution < 1.29 is 14.3 Å². The Balaban J connectivity index is 1.60. The number of nitrogens with zero attached hydrogens (tertiary/aromatic N) is 2. The Morgan fingerprint density at radius 3 is 2.71 bits per heavy atom. The molecule has 2 fully saturated rings. The van der Waals surface area contributed by atoms with Gasteiger partial charge in [0.05, 0.1) is 17.0 Å². The molecule has 0 radical (unpaired) electrons. The number of likely N-dealkylation sites (tertiary alicyclic amines) is 1. The van der Waals surface area contributed by atoms with Crippen LogP contribution in [-0.2, 0) is 9.53 Å². The Bertz CT molecular complexity index is 774. The molecule has 2 aromatic rings. The molecular formula is C18H18N2O3S. The van der Waals surface area contributed by atoms with Gasteiger partial charge in [-0.05, 0) is 36.1 Å². The monoisotopic (exact) mass is 342 g/mol. The molecule has 2 atom stereocenters. The Labute approximate surface area is 144 Å². The second-order valence-corrected chi connectivity index (χ2v) is 7.08. The quantitative estimate of drug-likeness (QED) is 0.841. The summed E-state index contributed by atoms with van der Waals surface area (Å²) in [6, 6.07) is 11.4. The molecule has 2 aliphatic rings. The maximum absolute atomic E-state index is 12.8. The van der Waals surface area contributed by atoms with Gasteiger partial charge in [-0.3, -0.25) is 9.59 Å². The lowest BCUT2D eigenvalue weighted by Crippen LogP contribution is -2.54. The molecule has 24 heavy (non-hydrogen) atoms. The molecule has 0 saturated carbocycles. The van der Waals surface area contributed by atoms with Crippen molar-refractivity contribution in [1.82, 2.24) is 4.90 Å². The van der Waals surface area contributed by atoms with Gasteiger partial charge in [0.15, 0.2) is 0 Å². The van der Waals surface area contributed by atoms with E-state index in [9.17, 15) is 9.59 Å². The maximum atomic E-state index is 12.8. The van der Waals surface area contributed by atoms with Crippen LogP contribution in [0.2, 0.25) is 0 Å². The van der Waals surface area contributed by atoms with Gasteiger partial charge in [0.2, 0.25) is 0 Å². The van der Waals surface area contributed by atoms with Crippen LogP contribution in [0.15, 0.2) is 41.8 Å². The highest BCUT2D eigenvalue weighted by Crippen LogP contribution is 2.30. The first-order valence-electron chi connectivity index (χ1n) is 7.97. The summed E-state index contributed by atoms with van der Waals surface area (Å²) in [6.45, 7) is 3.04. The van der Waals surface area contributed by atoms with Crippen molar-refractivity contribution in [2.45, 2.75) is 19.1 Å². The Hall–Kier alpha value is -2.18. The summed E-state index contributed by atoms with van der Waals surface area (Å²) in [6.07, 6.45) is -0.132. The first-order chi connectivity index (χ1) is 11.6. The molecule has 6 heteroatoms. The molecule has 2 saturated heterocycles. The summed E-state index contributed by atoms with van der Waals surface area (Å²) in [4.78, 5) is 29.5. The molecule has 0 N–H and O–H groups in total. The molecule has 0 bridgehead atoms. The highest BCUT2D eigenvalue weighted by atomic mass is 32.1. The van der Waals surface area contributed by atoms with Crippen molar-refractivity contribution >= 4 is 28.8 Å². The topological polar surface area (TPSA) is 49.9 Å². The number of hydrogen-bond donors (Lipinski definition) is 0. The number of morpholine rings is 1. The van der Waals surface area contributed by atoms with Gasteiger partial charge in [0.25, 0.3) is 11.8 Å². The van der Waals surface area contributed by atoms with E-state index >= 15 is 0 Å². The van der Waals surface area contributed by atoms with Crippen LogP contribution in [0.3, 0.4) is 0 Å². The summed E-state index contributed by atoms with van der Waals surface area (Å²) in [5.74, 6) is -0.0231. The Morgan fingerprint density at radius 2 is 2.00 bits per heavy atom. The van der Waals surface area contributed by atoms with E-state index in [-0.39, 0.29) is 30.6 Å². The predicted molar refractivity (Wildman–Crippen MR) is 92.4 cm³/mol. The lowest BCUT2D eigenvalue weighted by Gasteiger charge is -2.36. The highest BCUT2D eigenvalue weighted by Gasteiger charge is 2.45. The van der Waals surface area contributed by atoms with Crippen molar-refractivity contribution in [3.8, 4) is 0 Å². The molecule has 0 unspecified atom stereocenters. The third-order valence-corrected chi connectivity index (χ3v) is 5.64. The van der Waals surface area contributed by atoms with Crippen LogP contribution in [0.4, 0.5) is 5.69 Å². The molecule has 0 aliphatic carbocycles. The molecule has 2 amide bonds. The van der Waals surface area contributed by atoms with E-state index in [2.05, 4.69) is 0 Å². The number of anilines is 1. The van der Waals surface area contributed by atoms with Gasteiger partial charge in [0.1, 0.15) is 6.61 Å². The van der Waals surface area contributed by atoms with Crippen molar-refractivity contribution in [2.24, 2.45) is 0 Å². The lowest BCUT2D eigenvalue weighted by molar-refractivity contribution is -0.130. The highest BCUT2D eigenvalue weighted by molar-refractivity contribution is 7.12. The third kappa shape index (κ3) is 2.52. The second-order valence-electron chi connectivity index (χ2n) is 6.16. The van der Waals surface area contributed by atoms with E-state index in [0.717, 1.165) is 16.1 Å². The van der Waals surface area contributed by atoms with Gasteiger partial charge in [0, 0.05) is 18.8 Å². The Kier molecular flexibility index (Phi) is 3.86. The number of benzene rings is 1. The van der Waals surface area contributed by atoms with Crippen molar-refractivity contribution in [3.05, 3.63) is 52.2 Å². The van der Waals surface area contributed by atoms with E-state index in [1.54, 1.807) is 4.90 Å². The number of carbonyl (C=O) groups is 2. The zero-order valence-electron chi connectivity index (χ0n) is 13.3. The van der Waals surface area contributed by atoms with Gasteiger partial charge in [-0.15, -0.1) is 11.3 Å². The number of carbonyl (C=O) groups excluding carboxylic acids is 2. The molecule has 5 nitrogen and oxygen atoms in total. The number of hydrogen-bond acceptors (Lipinski definition) is 4. The zero-order valence-corrected chi connectivity index (χ0v) is 14.2. The number of thiophene rings is 1. The first kappa shape index (κ1) is 15.4. The minimum atomic E-state index is -0.132. The summed E-state index contributed by atoms with van der Waals surface area (Å²) < 4.78 is 5.71. The Morgan fingerprint density at radius 1 is 1.21 bits per heavy atom. The van der Waals surface area contributed by atoms with Crippen LogP contribution < -0.4 is 4.90 Å². The van der Waals surface area contributed by atoms with Crippen LogP contribution in [0.5, 0.6) is 0 Å². The molecule has 2 aliphatic heterocycles. The molecule has 1 aromatic carbocycles. The van der Waals surface area contributed by atoms with Crippen LogP contribution >= 0.6 is 11.3 Å². The van der Waals surface area contributed by atoms with E-state index < -0.39 is 0 Å². The molecule has 4 rings (SSSR count). The SMILES string of the molecule is Cc1ccsc1C(=O)N1C[C@@H]2OCC(=O)N(c3ccccc3)[C@H]2C1. The number of aryl methyl sites for hydroxylation is 1. The first-order valence-corrected chi connectivity index (χ1v) is 8.85. The van der Waals surface area contributed by atoms with E-state index in [1.165, 1.54) is 11.3 Å². The lowest BCUT2D eigenvalue weighted by atomic mass is 10.1. The minimum absolute atomic E-state index is 0.0287. The fourth-order valence-corrected chi connectivity index (χ4v) is 4.32. The summed E-state index contributed by atoms with van der Waals surface area (Å²) in [5, 5.41) is 1.93. The van der Waals surface area contributed by atoms with Crippen LogP contribution in [0, 0.1) is 6.92 Å². The number of para-hydroxylation sites is 1. The van der Waals surface area contributed by atoms with Gasteiger partial charge in [-0.25, -0.2) is 0 Å². The van der Waals surface area contributed by atoms with Crippen molar-refractivity contribution in [3.63, 3.8) is 0 Å². The number of ether oxygens (including phenoxy) is 1. The zero-order chi connectivity index (χ0) is 16.7. The van der Waals surface area contributed by atoms with E-state index in [4.69, 9.17) is 4.74 Å². The number of rotatable bonds is 2. The summed E-state index contributed by atoms with van der Waals surface area (Å²) in [5.41, 5.74) is 1.86. The van der Waals surface area contributed by atoms with Crippen LogP contribution in [-0.4, -0.2) is 48.6 Å². The smallest absolute Gasteiger partial charge is 0.264 e. The third-order valence-electron chi connectivity index (χ3n) is 4.64. The molecule has 0 spiro atoms. The normalized spacial score (nSPS) is 23.5. The molecule has 124 valence electrons. The second kappa shape index (κ2) is 6.03. The maximum Gasteiger partial charge on any atom is 0.264 e. The van der Waals surface area contributed by atoms with Gasteiger partial charge < -0.3 is 14.5 Å². The largest absolute Gasteiger partial charge is 0.364 e. The molecular weight excluding hydrogens is 324 g/mol. The average molecular weight is 342 g/mol. The van der Waals surface area contributed by atoms with Gasteiger partial charge in [-0.2, -0.15) is 0 Å². The summed E-state index contributed by atoms with van der Waals surface area (Å²) in [7, 11) is 0. The minimum Gasteiger partial charge on any atom is -0.364 e. The van der Waals surface area contributed by atoms with E-state index in [0.29, 0.717) is 13.1 Å². The molecule has 1 aromatic heterocycles. The fraction of sp³-hybridized carbons (Fsp3) is 0.333. The van der Waals surface area contributed by atoms with Crippen LogP contribution in [0.1, 0.15) is 15.2 Å². The predicted octanol–water partition coefficient (Wildman–Crippen LogP) is 2.31. The van der Waals surface area contributed by atoms with Gasteiger partial charge in [-0.1, -0.05) is 18.2 Å². The van der Waals surface area contributed by atoms with Crippen molar-refractivity contribution in [2.75, 3.05) is 24.6 Å². The number of fused-ring (bicyclic) bond motifs is 1. The fourth-order valence-electron chi connectivity index (χ4n) is 3.43. The standard InChI is InChI=1S/C18H18N2O3S/c1-12-7-8-24-17(12)18(22)19-9-14-15(10-19)23-11-16(21)20(14)13-5-3-2-4-6-13/h2-8,14-15H,9-11H2,1H3/t14-,15-/m0/s1. The number of amides is 2. The van der Waals surface area contributed by atoms with E-state index in [1.807, 2.05) is 53.6 Å². The van der Waals surface area contributed by atoms with Crippen LogP contribution in [0.25, 0.3) is 0 Å². The summed E-state index contributed by atoms with van der Waals surface area (Å²) >= 11 is 1.46. The van der Waals surface area contributed by atoms with Crippen molar-refractivity contribution in [1.29, 1.82) is 0 Å². The molecule has 3 heterocycles. The van der Waals surface area contributed by atoms with Gasteiger partial charge >= 0.3 is 0 Å².